The van der Waals surface area contributed by atoms with E-state index in [4.69, 9.17) is 4.98 Å². The molecule has 1 aromatic carbocycles. The van der Waals surface area contributed by atoms with Crippen molar-refractivity contribution in [3.05, 3.63) is 48.8 Å². The zero-order valence-corrected chi connectivity index (χ0v) is 16.0. The van der Waals surface area contributed by atoms with Gasteiger partial charge in [0.2, 0.25) is 0 Å². The second-order valence-electron chi connectivity index (χ2n) is 7.61. The molecule has 5 nitrogen and oxygen atoms in total. The normalized spacial score (nSPS) is 19.8. The van der Waals surface area contributed by atoms with Crippen LogP contribution in [0.3, 0.4) is 0 Å². The summed E-state index contributed by atoms with van der Waals surface area (Å²) in [7, 11) is 1.91. The van der Waals surface area contributed by atoms with Crippen LogP contribution < -0.4 is 10.6 Å². The Kier molecular flexibility index (Phi) is 4.84. The quantitative estimate of drug-likeness (QED) is 0.568. The van der Waals surface area contributed by atoms with Gasteiger partial charge in [0.25, 0.3) is 0 Å². The van der Waals surface area contributed by atoms with Gasteiger partial charge in [-0.1, -0.05) is 26.3 Å². The van der Waals surface area contributed by atoms with Crippen molar-refractivity contribution in [2.45, 2.75) is 32.6 Å². The number of hydrogen-bond acceptors (Lipinski definition) is 4. The number of hydrogen-bond donors (Lipinski definition) is 3. The largest absolute Gasteiger partial charge is 0.388 e. The Hall–Kier alpha value is -2.82. The van der Waals surface area contributed by atoms with Crippen LogP contribution in [0.25, 0.3) is 22.4 Å². The third-order valence-corrected chi connectivity index (χ3v) is 5.61. The van der Waals surface area contributed by atoms with Crippen LogP contribution in [0, 0.1) is 11.8 Å². The first kappa shape index (κ1) is 17.6. The van der Waals surface area contributed by atoms with Crippen LogP contribution in [0.1, 0.15) is 32.6 Å². The highest BCUT2D eigenvalue weighted by molar-refractivity contribution is 5.81. The Morgan fingerprint density at radius 1 is 1.15 bits per heavy atom. The second kappa shape index (κ2) is 7.43. The highest BCUT2D eigenvalue weighted by atomic mass is 15.0. The molecule has 0 aliphatic heterocycles. The molecule has 0 atom stereocenters. The molecule has 0 amide bonds. The van der Waals surface area contributed by atoms with Crippen molar-refractivity contribution < 1.29 is 0 Å². The smallest absolute Gasteiger partial charge is 0.138 e. The molecule has 2 heterocycles. The lowest BCUT2D eigenvalue weighted by molar-refractivity contribution is 0.321. The van der Waals surface area contributed by atoms with E-state index < -0.39 is 0 Å². The van der Waals surface area contributed by atoms with Crippen molar-refractivity contribution in [1.29, 1.82) is 0 Å². The average molecular weight is 361 g/mol. The predicted octanol–water partition coefficient (Wildman–Crippen LogP) is 5.42. The first-order chi connectivity index (χ1) is 13.1. The van der Waals surface area contributed by atoms with Gasteiger partial charge < -0.3 is 15.6 Å². The number of imidazole rings is 1. The Bertz CT molecular complexity index is 933. The van der Waals surface area contributed by atoms with Crippen LogP contribution in [-0.2, 0) is 0 Å². The number of H-pyrrole nitrogens is 1. The van der Waals surface area contributed by atoms with E-state index >= 15 is 0 Å². The molecule has 0 spiro atoms. The van der Waals surface area contributed by atoms with Crippen molar-refractivity contribution in [3.8, 4) is 11.4 Å². The van der Waals surface area contributed by atoms with Crippen molar-refractivity contribution >= 4 is 22.5 Å². The standard InChI is InChI=1S/C22H27N5/c1-14-4-6-16(7-5-14)15(2)25-21-12-19-20(13-24-21)27-22(26-19)17-8-10-18(23-3)11-9-17/h8-14,16,23H,2,4-7H2,1,3H3,(H,24,25)(H,26,27). The Morgan fingerprint density at radius 2 is 1.89 bits per heavy atom. The van der Waals surface area contributed by atoms with Gasteiger partial charge in [-0.05, 0) is 48.9 Å². The van der Waals surface area contributed by atoms with Gasteiger partial charge in [-0.15, -0.1) is 0 Å². The Balaban J connectivity index is 1.51. The van der Waals surface area contributed by atoms with Gasteiger partial charge in [0.05, 0.1) is 17.2 Å². The maximum absolute atomic E-state index is 4.74. The molecule has 3 N–H and O–H groups in total. The highest BCUT2D eigenvalue weighted by Crippen LogP contribution is 2.33. The summed E-state index contributed by atoms with van der Waals surface area (Å²) in [5, 5.41) is 6.55. The van der Waals surface area contributed by atoms with Crippen molar-refractivity contribution in [2.75, 3.05) is 17.7 Å². The maximum Gasteiger partial charge on any atom is 0.138 e. The van der Waals surface area contributed by atoms with Crippen molar-refractivity contribution in [2.24, 2.45) is 11.8 Å². The summed E-state index contributed by atoms with van der Waals surface area (Å²) in [6.07, 6.45) is 6.83. The Labute approximate surface area is 160 Å². The van der Waals surface area contributed by atoms with Crippen molar-refractivity contribution in [1.82, 2.24) is 15.0 Å². The van der Waals surface area contributed by atoms with E-state index in [1.807, 2.05) is 31.4 Å². The van der Waals surface area contributed by atoms with E-state index in [9.17, 15) is 0 Å². The van der Waals surface area contributed by atoms with E-state index in [-0.39, 0.29) is 0 Å². The fourth-order valence-corrected chi connectivity index (χ4v) is 3.78. The van der Waals surface area contributed by atoms with Gasteiger partial charge in [0.15, 0.2) is 0 Å². The number of fused-ring (bicyclic) bond motifs is 1. The summed E-state index contributed by atoms with van der Waals surface area (Å²) in [6, 6.07) is 10.2. The Morgan fingerprint density at radius 3 is 2.59 bits per heavy atom. The van der Waals surface area contributed by atoms with Crippen molar-refractivity contribution in [3.63, 3.8) is 0 Å². The molecule has 3 aromatic rings. The predicted molar refractivity (Wildman–Crippen MR) is 113 cm³/mol. The molecule has 1 saturated carbocycles. The van der Waals surface area contributed by atoms with Gasteiger partial charge in [0.1, 0.15) is 11.6 Å². The van der Waals surface area contributed by atoms with Gasteiger partial charge in [-0.3, -0.25) is 0 Å². The molecule has 27 heavy (non-hydrogen) atoms. The van der Waals surface area contributed by atoms with Gasteiger partial charge in [-0.2, -0.15) is 0 Å². The number of aromatic nitrogens is 3. The first-order valence-corrected chi connectivity index (χ1v) is 9.72. The number of aromatic amines is 1. The number of nitrogens with zero attached hydrogens (tertiary/aromatic N) is 2. The van der Waals surface area contributed by atoms with Crippen LogP contribution in [0.5, 0.6) is 0 Å². The molecule has 1 aliphatic rings. The van der Waals surface area contributed by atoms with Gasteiger partial charge in [0, 0.05) is 30.1 Å². The monoisotopic (exact) mass is 361 g/mol. The second-order valence-corrected chi connectivity index (χ2v) is 7.61. The summed E-state index contributed by atoms with van der Waals surface area (Å²) in [6.45, 7) is 6.60. The maximum atomic E-state index is 4.74. The molecule has 2 aromatic heterocycles. The lowest BCUT2D eigenvalue weighted by Gasteiger charge is -2.28. The molecule has 4 rings (SSSR count). The molecule has 0 radical (unpaired) electrons. The van der Waals surface area contributed by atoms with E-state index in [2.05, 4.69) is 46.2 Å². The molecule has 140 valence electrons. The number of rotatable bonds is 5. The number of benzene rings is 1. The molecular formula is C22H27N5. The SMILES string of the molecule is C=C(Nc1cc2nc(-c3ccc(NC)cc3)[nH]c2cn1)C1CCC(C)CC1. The zero-order valence-electron chi connectivity index (χ0n) is 16.0. The lowest BCUT2D eigenvalue weighted by Crippen LogP contribution is -2.18. The first-order valence-electron chi connectivity index (χ1n) is 9.72. The lowest BCUT2D eigenvalue weighted by atomic mass is 9.81. The van der Waals surface area contributed by atoms with Gasteiger partial charge >= 0.3 is 0 Å². The number of pyridine rings is 1. The summed E-state index contributed by atoms with van der Waals surface area (Å²) in [5.41, 5.74) is 5.06. The minimum absolute atomic E-state index is 0.541. The highest BCUT2D eigenvalue weighted by Gasteiger charge is 2.20. The van der Waals surface area contributed by atoms with E-state index in [0.29, 0.717) is 5.92 Å². The fraction of sp³-hybridized carbons (Fsp3) is 0.364. The third-order valence-electron chi connectivity index (χ3n) is 5.61. The van der Waals surface area contributed by atoms with Crippen LogP contribution >= 0.6 is 0 Å². The summed E-state index contributed by atoms with van der Waals surface area (Å²) >= 11 is 0. The number of nitrogens with one attached hydrogen (secondary N) is 3. The molecule has 5 heteroatoms. The topological polar surface area (TPSA) is 65.6 Å². The molecule has 0 unspecified atom stereocenters. The minimum Gasteiger partial charge on any atom is -0.388 e. The molecule has 0 saturated heterocycles. The van der Waals surface area contributed by atoms with Crippen LogP contribution in [-0.4, -0.2) is 22.0 Å². The van der Waals surface area contributed by atoms with Crippen LogP contribution in [0.15, 0.2) is 48.8 Å². The van der Waals surface area contributed by atoms with Gasteiger partial charge in [-0.25, -0.2) is 9.97 Å². The van der Waals surface area contributed by atoms with Crippen LogP contribution in [0.4, 0.5) is 11.5 Å². The van der Waals surface area contributed by atoms with E-state index in [0.717, 1.165) is 45.5 Å². The summed E-state index contributed by atoms with van der Waals surface area (Å²) in [4.78, 5) is 12.6. The zero-order chi connectivity index (χ0) is 18.8. The summed E-state index contributed by atoms with van der Waals surface area (Å²) in [5.74, 6) is 3.05. The van der Waals surface area contributed by atoms with E-state index in [1.54, 1.807) is 0 Å². The third kappa shape index (κ3) is 3.82. The minimum atomic E-state index is 0.541. The summed E-state index contributed by atoms with van der Waals surface area (Å²) < 4.78 is 0. The van der Waals surface area contributed by atoms with Crippen LogP contribution in [0.2, 0.25) is 0 Å². The number of allylic oxidation sites excluding steroid dienone is 1. The molecular weight excluding hydrogens is 334 g/mol. The molecule has 1 aliphatic carbocycles. The average Bonchev–Trinajstić information content (AvgIpc) is 3.12. The molecule has 1 fully saturated rings. The fourth-order valence-electron chi connectivity index (χ4n) is 3.78. The van der Waals surface area contributed by atoms with E-state index in [1.165, 1.54) is 25.7 Å². The number of anilines is 2. The molecule has 0 bridgehead atoms.